The smallest absolute Gasteiger partial charge is 0.276 e. The molecule has 1 N–H and O–H groups in total. The van der Waals surface area contributed by atoms with Crippen LogP contribution in [-0.2, 0) is 38.8 Å². The second-order valence-corrected chi connectivity index (χ2v) is 12.5. The maximum atomic E-state index is 13.5. The Hall–Kier alpha value is -3.83. The summed E-state index contributed by atoms with van der Waals surface area (Å²) in [5, 5.41) is 1.10. The second kappa shape index (κ2) is 15.6. The number of ether oxygens (including phenoxy) is 4. The summed E-state index contributed by atoms with van der Waals surface area (Å²) in [6.07, 6.45) is -1.70. The largest absolute Gasteiger partial charge is 0.374 e. The van der Waals surface area contributed by atoms with Gasteiger partial charge >= 0.3 is 0 Å². The summed E-state index contributed by atoms with van der Waals surface area (Å²) in [4.78, 5) is 26.9. The Labute approximate surface area is 274 Å². The molecule has 4 aromatic carbocycles. The molecule has 0 bridgehead atoms. The summed E-state index contributed by atoms with van der Waals surface area (Å²) in [5.74, 6) is -0.0702. The average molecular weight is 639 g/mol. The van der Waals surface area contributed by atoms with Gasteiger partial charge in [-0.25, -0.2) is 10.4 Å². The van der Waals surface area contributed by atoms with Gasteiger partial charge in [0.05, 0.1) is 43.6 Å². The summed E-state index contributed by atoms with van der Waals surface area (Å²) in [6, 6.07) is 36.1. The van der Waals surface area contributed by atoms with Crippen LogP contribution in [-0.4, -0.2) is 59.0 Å². The van der Waals surface area contributed by atoms with Crippen LogP contribution in [0.4, 0.5) is 0 Å². The van der Waals surface area contributed by atoms with Gasteiger partial charge in [0.25, 0.3) is 11.8 Å². The minimum Gasteiger partial charge on any atom is -0.374 e. The van der Waals surface area contributed by atoms with Crippen LogP contribution in [0.25, 0.3) is 0 Å². The molecule has 0 spiro atoms. The zero-order valence-corrected chi connectivity index (χ0v) is 26.5. The van der Waals surface area contributed by atoms with Gasteiger partial charge in [-0.3, -0.25) is 9.59 Å². The molecular formula is C37H38N2O6S. The van der Waals surface area contributed by atoms with E-state index in [0.717, 1.165) is 27.5 Å². The SMILES string of the molecule is CCS[C@@H]1O[C@H](COCc2ccccc2)[C@@H](OCc2ccccc2)[C@H](OCc2ccccc2)[C@H]1NN1C(=O)c2ccccc2C1=O. The van der Waals surface area contributed by atoms with Gasteiger partial charge in [-0.2, -0.15) is 0 Å². The molecule has 6 rings (SSSR count). The lowest BCUT2D eigenvalue weighted by atomic mass is 9.97. The minimum absolute atomic E-state index is 0.264. The number of thioether (sulfide) groups is 1. The van der Waals surface area contributed by atoms with Crippen molar-refractivity contribution in [1.82, 2.24) is 10.4 Å². The van der Waals surface area contributed by atoms with Crippen molar-refractivity contribution in [3.8, 4) is 0 Å². The zero-order valence-electron chi connectivity index (χ0n) is 25.7. The third-order valence-corrected chi connectivity index (χ3v) is 9.08. The van der Waals surface area contributed by atoms with Crippen LogP contribution in [0.15, 0.2) is 115 Å². The molecule has 2 heterocycles. The molecule has 8 nitrogen and oxygen atoms in total. The number of rotatable bonds is 14. The summed E-state index contributed by atoms with van der Waals surface area (Å²) >= 11 is 1.58. The maximum Gasteiger partial charge on any atom is 0.276 e. The Bertz CT molecular complexity index is 1540. The monoisotopic (exact) mass is 638 g/mol. The number of hydrogen-bond acceptors (Lipinski definition) is 8. The first-order valence-corrected chi connectivity index (χ1v) is 16.6. The van der Waals surface area contributed by atoms with Crippen LogP contribution in [0.2, 0.25) is 0 Å². The van der Waals surface area contributed by atoms with E-state index in [1.807, 2.05) is 97.9 Å². The van der Waals surface area contributed by atoms with E-state index in [4.69, 9.17) is 18.9 Å². The van der Waals surface area contributed by atoms with Crippen molar-refractivity contribution < 1.29 is 28.5 Å². The van der Waals surface area contributed by atoms with Crippen LogP contribution in [0.1, 0.15) is 44.3 Å². The van der Waals surface area contributed by atoms with E-state index in [-0.39, 0.29) is 6.61 Å². The molecule has 0 unspecified atom stereocenters. The van der Waals surface area contributed by atoms with Crippen molar-refractivity contribution in [3.63, 3.8) is 0 Å². The summed E-state index contributed by atoms with van der Waals surface area (Å²) in [6.45, 7) is 3.36. The highest BCUT2D eigenvalue weighted by Crippen LogP contribution is 2.34. The molecule has 4 aromatic rings. The summed E-state index contributed by atoms with van der Waals surface area (Å²) in [5.41, 5.74) is 6.56. The molecule has 0 radical (unpaired) electrons. The van der Waals surface area contributed by atoms with Crippen molar-refractivity contribution in [1.29, 1.82) is 0 Å². The van der Waals surface area contributed by atoms with E-state index in [0.29, 0.717) is 30.9 Å². The molecule has 2 amide bonds. The van der Waals surface area contributed by atoms with Gasteiger partial charge in [0.2, 0.25) is 0 Å². The fourth-order valence-electron chi connectivity index (χ4n) is 5.74. The molecule has 238 valence electrons. The summed E-state index contributed by atoms with van der Waals surface area (Å²) in [7, 11) is 0. The first kappa shape index (κ1) is 32.1. The number of nitrogens with zero attached hydrogens (tertiary/aromatic N) is 1. The van der Waals surface area contributed by atoms with E-state index < -0.39 is 41.6 Å². The van der Waals surface area contributed by atoms with E-state index >= 15 is 0 Å². The number of nitrogens with one attached hydrogen (secondary N) is 1. The number of imide groups is 1. The lowest BCUT2D eigenvalue weighted by molar-refractivity contribution is -0.219. The lowest BCUT2D eigenvalue weighted by Gasteiger charge is -2.47. The van der Waals surface area contributed by atoms with Crippen molar-refractivity contribution >= 4 is 23.6 Å². The van der Waals surface area contributed by atoms with Crippen LogP contribution >= 0.6 is 11.8 Å². The first-order chi connectivity index (χ1) is 22.6. The predicted octanol–water partition coefficient (Wildman–Crippen LogP) is 6.02. The van der Waals surface area contributed by atoms with Gasteiger partial charge < -0.3 is 18.9 Å². The standard InChI is InChI=1S/C37H38N2O6S/c1-2-46-37-32(38-39-35(40)29-20-12-13-21-30(29)36(39)41)34(44-24-28-18-10-5-11-19-28)33(43-23-27-16-8-4-9-17-27)31(45-37)25-42-22-26-14-6-3-7-15-26/h3-21,31-34,37-38H,2,22-25H2,1H3/t31-,32-,33-,34-,37+/m1/s1. The van der Waals surface area contributed by atoms with Gasteiger partial charge in [0.15, 0.2) is 0 Å². The topological polar surface area (TPSA) is 86.3 Å². The van der Waals surface area contributed by atoms with Gasteiger partial charge in [0.1, 0.15) is 23.7 Å². The number of benzene rings is 4. The first-order valence-electron chi connectivity index (χ1n) is 15.6. The van der Waals surface area contributed by atoms with E-state index in [2.05, 4.69) is 5.43 Å². The number of carbonyl (C=O) groups is 2. The molecule has 1 saturated heterocycles. The van der Waals surface area contributed by atoms with E-state index in [9.17, 15) is 9.59 Å². The molecule has 1 fully saturated rings. The molecule has 0 aliphatic carbocycles. The zero-order chi connectivity index (χ0) is 31.7. The van der Waals surface area contributed by atoms with Gasteiger partial charge in [-0.05, 0) is 34.6 Å². The second-order valence-electron chi connectivity index (χ2n) is 11.2. The molecule has 9 heteroatoms. The van der Waals surface area contributed by atoms with Crippen molar-refractivity contribution in [2.24, 2.45) is 0 Å². The third-order valence-electron chi connectivity index (χ3n) is 8.01. The molecule has 5 atom stereocenters. The van der Waals surface area contributed by atoms with Crippen LogP contribution < -0.4 is 5.43 Å². The summed E-state index contributed by atoms with van der Waals surface area (Å²) < 4.78 is 26.3. The molecule has 2 aliphatic heterocycles. The molecule has 0 aromatic heterocycles. The van der Waals surface area contributed by atoms with Crippen LogP contribution in [0.3, 0.4) is 0 Å². The Kier molecular flexibility index (Phi) is 10.9. The fourth-order valence-corrected chi connectivity index (χ4v) is 6.71. The number of hydrazine groups is 1. The van der Waals surface area contributed by atoms with Crippen molar-refractivity contribution in [3.05, 3.63) is 143 Å². The highest BCUT2D eigenvalue weighted by atomic mass is 32.2. The normalized spacial score (nSPS) is 22.6. The molecular weight excluding hydrogens is 600 g/mol. The van der Waals surface area contributed by atoms with Gasteiger partial charge in [-0.1, -0.05) is 110 Å². The van der Waals surface area contributed by atoms with E-state index in [1.165, 1.54) is 0 Å². The molecule has 0 saturated carbocycles. The quantitative estimate of drug-likeness (QED) is 0.168. The highest BCUT2D eigenvalue weighted by molar-refractivity contribution is 7.99. The number of amides is 2. The van der Waals surface area contributed by atoms with Gasteiger partial charge in [0, 0.05) is 0 Å². The fraction of sp³-hybridized carbons (Fsp3) is 0.297. The van der Waals surface area contributed by atoms with Gasteiger partial charge in [-0.15, -0.1) is 11.8 Å². The van der Waals surface area contributed by atoms with E-state index in [1.54, 1.807) is 36.0 Å². The Balaban J connectivity index is 1.31. The Morgan fingerprint density at radius 3 is 1.67 bits per heavy atom. The Morgan fingerprint density at radius 1 is 0.674 bits per heavy atom. The Morgan fingerprint density at radius 2 is 1.15 bits per heavy atom. The predicted molar refractivity (Wildman–Crippen MR) is 177 cm³/mol. The number of fused-ring (bicyclic) bond motifs is 1. The van der Waals surface area contributed by atoms with Crippen molar-refractivity contribution in [2.45, 2.75) is 56.5 Å². The van der Waals surface area contributed by atoms with Crippen LogP contribution in [0.5, 0.6) is 0 Å². The molecule has 46 heavy (non-hydrogen) atoms. The maximum absolute atomic E-state index is 13.5. The highest BCUT2D eigenvalue weighted by Gasteiger charge is 2.50. The average Bonchev–Trinajstić information content (AvgIpc) is 3.34. The van der Waals surface area contributed by atoms with Crippen LogP contribution in [0, 0.1) is 0 Å². The lowest BCUT2D eigenvalue weighted by Crippen LogP contribution is -2.67. The minimum atomic E-state index is -0.614. The number of hydrogen-bond donors (Lipinski definition) is 1. The third kappa shape index (κ3) is 7.58. The molecule has 2 aliphatic rings. The number of carbonyl (C=O) groups excluding carboxylic acids is 2. The van der Waals surface area contributed by atoms with Crippen molar-refractivity contribution in [2.75, 3.05) is 12.4 Å².